The second-order valence-electron chi connectivity index (χ2n) is 10.3. The molecule has 0 aliphatic carbocycles. The molecule has 8 amide bonds. The van der Waals surface area contributed by atoms with Crippen LogP contribution in [-0.4, -0.2) is 35.7 Å². The summed E-state index contributed by atoms with van der Waals surface area (Å²) in [4.78, 5) is 68.7. The summed E-state index contributed by atoms with van der Waals surface area (Å²) in [5, 5.41) is 8.11. The minimum atomic E-state index is -0.813. The molecule has 2 saturated heterocycles. The first-order valence-corrected chi connectivity index (χ1v) is 14.5. The molecule has 12 heteroatoms. The molecule has 2 heterocycles. The highest BCUT2D eigenvalue weighted by molar-refractivity contribution is 6.31. The number of urea groups is 2. The number of benzene rings is 4. The predicted molar refractivity (Wildman–Crippen MR) is 174 cm³/mol. The zero-order chi connectivity index (χ0) is 33.9. The summed E-state index contributed by atoms with van der Waals surface area (Å²) in [5.41, 5.74) is 3.18. The van der Waals surface area contributed by atoms with Gasteiger partial charge in [-0.05, 0) is 58.7 Å². The SMILES string of the molecule is O=C1NC(=O)C(=Cc2ccc(OCc3ccccc3)cc2)C(=O)N1.O=C1NC(=O)C(=Cc2ccc(OCc3ccccc3)cc2)C(=O)N1. The van der Waals surface area contributed by atoms with Crippen LogP contribution in [0.5, 0.6) is 11.5 Å². The molecule has 0 atom stereocenters. The molecule has 4 aromatic carbocycles. The van der Waals surface area contributed by atoms with Crippen LogP contribution in [0.25, 0.3) is 12.2 Å². The van der Waals surface area contributed by atoms with Crippen molar-refractivity contribution in [1.29, 1.82) is 0 Å². The lowest BCUT2D eigenvalue weighted by molar-refractivity contribution is -0.125. The zero-order valence-electron chi connectivity index (χ0n) is 25.2. The average Bonchev–Trinajstić information content (AvgIpc) is 3.08. The van der Waals surface area contributed by atoms with Crippen LogP contribution in [0.4, 0.5) is 9.59 Å². The van der Waals surface area contributed by atoms with Crippen LogP contribution in [0, 0.1) is 0 Å². The summed E-state index contributed by atoms with van der Waals surface area (Å²) in [6, 6.07) is 31.8. The van der Waals surface area contributed by atoms with Gasteiger partial charge in [0.2, 0.25) is 0 Å². The monoisotopic (exact) mass is 644 g/mol. The molecule has 2 fully saturated rings. The molecule has 0 unspecified atom stereocenters. The summed E-state index contributed by atoms with van der Waals surface area (Å²) >= 11 is 0. The Hall–Kier alpha value is -6.82. The van der Waals surface area contributed by atoms with Crippen LogP contribution in [-0.2, 0) is 32.4 Å². The van der Waals surface area contributed by atoms with Crippen LogP contribution in [0.15, 0.2) is 120 Å². The van der Waals surface area contributed by atoms with Gasteiger partial charge in [0.1, 0.15) is 35.9 Å². The van der Waals surface area contributed by atoms with Gasteiger partial charge in [-0.1, -0.05) is 84.9 Å². The lowest BCUT2D eigenvalue weighted by Gasteiger charge is -2.14. The van der Waals surface area contributed by atoms with Gasteiger partial charge in [0, 0.05) is 0 Å². The van der Waals surface area contributed by atoms with Gasteiger partial charge in [-0.2, -0.15) is 0 Å². The first-order chi connectivity index (χ1) is 23.2. The number of ether oxygens (including phenoxy) is 2. The molecular weight excluding hydrogens is 616 g/mol. The van der Waals surface area contributed by atoms with Crippen molar-refractivity contribution in [3.8, 4) is 11.5 Å². The van der Waals surface area contributed by atoms with E-state index in [9.17, 15) is 28.8 Å². The molecule has 0 spiro atoms. The van der Waals surface area contributed by atoms with E-state index in [0.29, 0.717) is 35.8 Å². The van der Waals surface area contributed by atoms with E-state index in [4.69, 9.17) is 9.47 Å². The summed E-state index contributed by atoms with van der Waals surface area (Å²) in [6.45, 7) is 0.905. The summed E-state index contributed by atoms with van der Waals surface area (Å²) in [7, 11) is 0. The van der Waals surface area contributed by atoms with Crippen LogP contribution in [0.1, 0.15) is 22.3 Å². The maximum Gasteiger partial charge on any atom is 0.328 e. The number of carbonyl (C=O) groups is 6. The van der Waals surface area contributed by atoms with Gasteiger partial charge in [-0.15, -0.1) is 0 Å². The fraction of sp³-hybridized carbons (Fsp3) is 0.0556. The molecule has 0 saturated carbocycles. The molecule has 2 aliphatic heterocycles. The highest BCUT2D eigenvalue weighted by atomic mass is 16.5. The number of nitrogens with one attached hydrogen (secondary N) is 4. The van der Waals surface area contributed by atoms with Gasteiger partial charge in [-0.25, -0.2) is 9.59 Å². The Labute approximate surface area is 274 Å². The van der Waals surface area contributed by atoms with E-state index in [0.717, 1.165) is 11.1 Å². The minimum absolute atomic E-state index is 0.118. The van der Waals surface area contributed by atoms with Gasteiger partial charge in [0.25, 0.3) is 23.6 Å². The molecule has 0 bridgehead atoms. The van der Waals surface area contributed by atoms with Crippen molar-refractivity contribution < 1.29 is 38.2 Å². The summed E-state index contributed by atoms with van der Waals surface area (Å²) in [6.07, 6.45) is 2.83. The van der Waals surface area contributed by atoms with Crippen LogP contribution in [0.2, 0.25) is 0 Å². The standard InChI is InChI=1S/2C18H14N2O4/c2*21-16-15(17(22)20-18(23)19-16)10-12-6-8-14(9-7-12)24-11-13-4-2-1-3-5-13/h2*1-10H,11H2,(H2,19,20,21,22,23). The van der Waals surface area contributed by atoms with Gasteiger partial charge in [0.05, 0.1) is 0 Å². The smallest absolute Gasteiger partial charge is 0.328 e. The molecule has 0 radical (unpaired) electrons. The molecular formula is C36H28N4O8. The van der Waals surface area contributed by atoms with E-state index >= 15 is 0 Å². The first kappa shape index (κ1) is 32.6. The molecule has 240 valence electrons. The van der Waals surface area contributed by atoms with Crippen molar-refractivity contribution >= 4 is 47.8 Å². The molecule has 48 heavy (non-hydrogen) atoms. The second-order valence-corrected chi connectivity index (χ2v) is 10.3. The number of barbiturate groups is 2. The Morgan fingerprint density at radius 3 is 1.04 bits per heavy atom. The van der Waals surface area contributed by atoms with Crippen molar-refractivity contribution in [1.82, 2.24) is 21.3 Å². The summed E-state index contributed by atoms with van der Waals surface area (Å²) in [5.74, 6) is -1.51. The van der Waals surface area contributed by atoms with Crippen molar-refractivity contribution in [2.45, 2.75) is 13.2 Å². The largest absolute Gasteiger partial charge is 0.489 e. The molecule has 6 rings (SSSR count). The molecule has 12 nitrogen and oxygen atoms in total. The quantitative estimate of drug-likeness (QED) is 0.165. The average molecular weight is 645 g/mol. The van der Waals surface area contributed by atoms with E-state index in [-0.39, 0.29) is 11.1 Å². The zero-order valence-corrected chi connectivity index (χ0v) is 25.2. The third-order valence-electron chi connectivity index (χ3n) is 6.77. The van der Waals surface area contributed by atoms with Crippen LogP contribution < -0.4 is 30.7 Å². The number of imide groups is 4. The van der Waals surface area contributed by atoms with Crippen molar-refractivity contribution in [2.24, 2.45) is 0 Å². The molecule has 0 aromatic heterocycles. The van der Waals surface area contributed by atoms with E-state index in [2.05, 4.69) is 0 Å². The topological polar surface area (TPSA) is 169 Å². The second kappa shape index (κ2) is 15.5. The third kappa shape index (κ3) is 9.11. The minimum Gasteiger partial charge on any atom is -0.489 e. The number of hydrogen-bond donors (Lipinski definition) is 4. The predicted octanol–water partition coefficient (Wildman–Crippen LogP) is 4.03. The van der Waals surface area contributed by atoms with Gasteiger partial charge in [-0.3, -0.25) is 40.4 Å². The molecule has 2 aliphatic rings. The first-order valence-electron chi connectivity index (χ1n) is 14.5. The number of rotatable bonds is 8. The number of hydrogen-bond acceptors (Lipinski definition) is 8. The lowest BCUT2D eigenvalue weighted by Crippen LogP contribution is -2.51. The Bertz CT molecular complexity index is 1720. The molecule has 4 N–H and O–H groups in total. The Balaban J connectivity index is 0.000000188. The fourth-order valence-electron chi connectivity index (χ4n) is 4.35. The number of amides is 8. The summed E-state index contributed by atoms with van der Waals surface area (Å²) < 4.78 is 11.3. The number of carbonyl (C=O) groups excluding carboxylic acids is 6. The van der Waals surface area contributed by atoms with E-state index < -0.39 is 35.7 Å². The maximum atomic E-state index is 11.7. The van der Waals surface area contributed by atoms with E-state index in [1.807, 2.05) is 81.9 Å². The highest BCUT2D eigenvalue weighted by Crippen LogP contribution is 2.18. The third-order valence-corrected chi connectivity index (χ3v) is 6.77. The normalized spacial score (nSPS) is 14.0. The Kier molecular flexibility index (Phi) is 10.5. The van der Waals surface area contributed by atoms with Gasteiger partial charge < -0.3 is 9.47 Å². The highest BCUT2D eigenvalue weighted by Gasteiger charge is 2.28. The van der Waals surface area contributed by atoms with Crippen LogP contribution >= 0.6 is 0 Å². The van der Waals surface area contributed by atoms with Gasteiger partial charge >= 0.3 is 12.1 Å². The van der Waals surface area contributed by atoms with Crippen molar-refractivity contribution in [2.75, 3.05) is 0 Å². The van der Waals surface area contributed by atoms with Crippen molar-refractivity contribution in [3.05, 3.63) is 143 Å². The Morgan fingerprint density at radius 2 is 0.729 bits per heavy atom. The van der Waals surface area contributed by atoms with Crippen molar-refractivity contribution in [3.63, 3.8) is 0 Å². The van der Waals surface area contributed by atoms with E-state index in [1.165, 1.54) is 12.2 Å². The lowest BCUT2D eigenvalue weighted by atomic mass is 10.1. The fourth-order valence-corrected chi connectivity index (χ4v) is 4.35. The molecule has 4 aromatic rings. The van der Waals surface area contributed by atoms with Crippen LogP contribution in [0.3, 0.4) is 0 Å². The maximum absolute atomic E-state index is 11.7. The van der Waals surface area contributed by atoms with Gasteiger partial charge in [0.15, 0.2) is 0 Å². The van der Waals surface area contributed by atoms with E-state index in [1.54, 1.807) is 48.5 Å². The Morgan fingerprint density at radius 1 is 0.417 bits per heavy atom.